The largest absolute Gasteiger partial charge is 0.396 e. The normalized spacial score (nSPS) is 27.5. The molecule has 0 aromatic carbocycles. The molecule has 0 aromatic heterocycles. The van der Waals surface area contributed by atoms with Crippen LogP contribution in [0.1, 0.15) is 181 Å². The first-order valence-electron chi connectivity index (χ1n) is 18.0. The lowest BCUT2D eigenvalue weighted by Gasteiger charge is -2.51. The van der Waals surface area contributed by atoms with Gasteiger partial charge >= 0.3 is 0 Å². The van der Waals surface area contributed by atoms with Crippen molar-refractivity contribution in [3.05, 3.63) is 0 Å². The zero-order chi connectivity index (χ0) is 27.3. The molecule has 2 nitrogen and oxygen atoms in total. The van der Waals surface area contributed by atoms with E-state index in [2.05, 4.69) is 13.8 Å². The molecule has 2 aliphatic carbocycles. The molecule has 0 heterocycles. The predicted molar refractivity (Wildman–Crippen MR) is 167 cm³/mol. The van der Waals surface area contributed by atoms with Crippen molar-refractivity contribution in [2.24, 2.45) is 35.5 Å². The van der Waals surface area contributed by atoms with Crippen LogP contribution in [0.15, 0.2) is 0 Å². The van der Waals surface area contributed by atoms with Crippen LogP contribution in [0.25, 0.3) is 0 Å². The van der Waals surface area contributed by atoms with Crippen LogP contribution in [0.3, 0.4) is 0 Å². The molecule has 6 atom stereocenters. The minimum Gasteiger partial charge on any atom is -0.396 e. The van der Waals surface area contributed by atoms with Crippen LogP contribution in [-0.2, 0) is 0 Å². The molecule has 38 heavy (non-hydrogen) atoms. The second-order valence-electron chi connectivity index (χ2n) is 13.7. The number of fused-ring (bicyclic) bond motifs is 1. The number of aliphatic hydroxyl groups excluding tert-OH is 2. The van der Waals surface area contributed by atoms with Gasteiger partial charge in [0.2, 0.25) is 0 Å². The van der Waals surface area contributed by atoms with Gasteiger partial charge in [-0.25, -0.2) is 0 Å². The zero-order valence-corrected chi connectivity index (χ0v) is 26.2. The quantitative estimate of drug-likeness (QED) is 0.121. The van der Waals surface area contributed by atoms with Gasteiger partial charge in [0.1, 0.15) is 0 Å². The fourth-order valence-electron chi connectivity index (χ4n) is 8.59. The summed E-state index contributed by atoms with van der Waals surface area (Å²) in [5.41, 5.74) is 0. The van der Waals surface area contributed by atoms with E-state index in [1.165, 1.54) is 141 Å². The summed E-state index contributed by atoms with van der Waals surface area (Å²) in [5.74, 6) is 6.05. The lowest BCUT2D eigenvalue weighted by atomic mass is 9.54. The van der Waals surface area contributed by atoms with Crippen molar-refractivity contribution in [2.45, 2.75) is 181 Å². The molecule has 0 amide bonds. The van der Waals surface area contributed by atoms with Crippen molar-refractivity contribution in [2.75, 3.05) is 13.2 Å². The van der Waals surface area contributed by atoms with Crippen molar-refractivity contribution >= 4 is 0 Å². The smallest absolute Gasteiger partial charge is 0.0431 e. The Morgan fingerprint density at radius 2 is 0.895 bits per heavy atom. The predicted octanol–water partition coefficient (Wildman–Crippen LogP) is 10.9. The van der Waals surface area contributed by atoms with Gasteiger partial charge in [-0.3, -0.25) is 0 Å². The van der Waals surface area contributed by atoms with Crippen molar-refractivity contribution in [3.63, 3.8) is 0 Å². The fraction of sp³-hybridized carbons (Fsp3) is 1.00. The van der Waals surface area contributed by atoms with E-state index in [4.69, 9.17) is 10.2 Å². The van der Waals surface area contributed by atoms with Crippen LogP contribution < -0.4 is 0 Å². The summed E-state index contributed by atoms with van der Waals surface area (Å²) < 4.78 is 0. The molecular weight excluding hydrogens is 464 g/mol. The van der Waals surface area contributed by atoms with E-state index in [-0.39, 0.29) is 0 Å². The van der Waals surface area contributed by atoms with Crippen LogP contribution in [0.5, 0.6) is 0 Å². The van der Waals surface area contributed by atoms with E-state index in [0.717, 1.165) is 48.3 Å². The Kier molecular flexibility index (Phi) is 20.3. The Hall–Kier alpha value is -0.0800. The van der Waals surface area contributed by atoms with Gasteiger partial charge in [-0.1, -0.05) is 136 Å². The number of rotatable bonds is 24. The summed E-state index contributed by atoms with van der Waals surface area (Å²) >= 11 is 0. The lowest BCUT2D eigenvalue weighted by molar-refractivity contribution is -0.00867. The topological polar surface area (TPSA) is 40.5 Å². The average Bonchev–Trinajstić information content (AvgIpc) is 2.93. The van der Waals surface area contributed by atoms with Gasteiger partial charge < -0.3 is 10.2 Å². The first-order valence-corrected chi connectivity index (χ1v) is 18.0. The SMILES string of the molecule is CCCCCCC1CC2CCC(CCCCCCCO)C(CCCCCCCO)C2CC1CCCCCC. The van der Waals surface area contributed by atoms with Crippen LogP contribution in [0.4, 0.5) is 0 Å². The summed E-state index contributed by atoms with van der Waals surface area (Å²) in [4.78, 5) is 0. The third-order valence-corrected chi connectivity index (χ3v) is 10.8. The molecule has 2 rings (SSSR count). The van der Waals surface area contributed by atoms with Gasteiger partial charge in [0, 0.05) is 13.2 Å². The Balaban J connectivity index is 1.99. The van der Waals surface area contributed by atoms with E-state index >= 15 is 0 Å². The molecule has 0 aromatic rings. The van der Waals surface area contributed by atoms with E-state index in [1.54, 1.807) is 12.8 Å². The van der Waals surface area contributed by atoms with Crippen molar-refractivity contribution in [1.82, 2.24) is 0 Å². The van der Waals surface area contributed by atoms with Gasteiger partial charge in [-0.05, 0) is 80.5 Å². The molecule has 0 radical (unpaired) electrons. The third-order valence-electron chi connectivity index (χ3n) is 10.8. The van der Waals surface area contributed by atoms with Crippen LogP contribution in [-0.4, -0.2) is 23.4 Å². The maximum Gasteiger partial charge on any atom is 0.0431 e. The molecule has 2 fully saturated rings. The summed E-state index contributed by atoms with van der Waals surface area (Å²) in [6.45, 7) is 5.43. The first-order chi connectivity index (χ1) is 18.7. The van der Waals surface area contributed by atoms with Gasteiger partial charge in [0.25, 0.3) is 0 Å². The highest BCUT2D eigenvalue weighted by atomic mass is 16.3. The minimum atomic E-state index is 0.366. The first kappa shape index (κ1) is 34.1. The van der Waals surface area contributed by atoms with E-state index in [9.17, 15) is 0 Å². The third kappa shape index (κ3) is 13.5. The maximum absolute atomic E-state index is 9.15. The van der Waals surface area contributed by atoms with Gasteiger partial charge in [-0.15, -0.1) is 0 Å². The van der Waals surface area contributed by atoms with Gasteiger partial charge in [0.15, 0.2) is 0 Å². The minimum absolute atomic E-state index is 0.366. The molecular formula is C36H70O2. The molecule has 0 bridgehead atoms. The van der Waals surface area contributed by atoms with Crippen molar-refractivity contribution in [1.29, 1.82) is 0 Å². The Bertz CT molecular complexity index is 513. The molecule has 2 heteroatoms. The molecule has 0 saturated heterocycles. The standard InChI is InChI=1S/C36H70O2/c1-3-5-7-15-22-32-29-34-26-25-31(21-17-11-9-13-19-27-37)35(24-18-12-10-14-20-28-38)36(34)30-33(32)23-16-8-6-4-2/h31-38H,3-30H2,1-2H3. The fourth-order valence-corrected chi connectivity index (χ4v) is 8.59. The molecule has 2 saturated carbocycles. The van der Waals surface area contributed by atoms with E-state index in [1.807, 2.05) is 0 Å². The number of hydrogen-bond donors (Lipinski definition) is 2. The highest BCUT2D eigenvalue weighted by Crippen LogP contribution is 2.54. The van der Waals surface area contributed by atoms with Crippen molar-refractivity contribution in [3.8, 4) is 0 Å². The average molecular weight is 535 g/mol. The Morgan fingerprint density at radius 1 is 0.447 bits per heavy atom. The lowest BCUT2D eigenvalue weighted by Crippen LogP contribution is -2.42. The number of aliphatic hydroxyl groups is 2. The Labute approximate surface area is 239 Å². The second kappa shape index (κ2) is 22.6. The van der Waals surface area contributed by atoms with Crippen LogP contribution in [0, 0.1) is 35.5 Å². The summed E-state index contributed by atoms with van der Waals surface area (Å²) in [6.07, 6.45) is 36.3. The highest BCUT2D eigenvalue weighted by Gasteiger charge is 2.44. The summed E-state index contributed by atoms with van der Waals surface area (Å²) in [6, 6.07) is 0. The van der Waals surface area contributed by atoms with E-state index in [0.29, 0.717) is 13.2 Å². The number of hydrogen-bond acceptors (Lipinski definition) is 2. The molecule has 226 valence electrons. The number of unbranched alkanes of at least 4 members (excludes halogenated alkanes) is 14. The van der Waals surface area contributed by atoms with Gasteiger partial charge in [-0.2, -0.15) is 0 Å². The zero-order valence-electron chi connectivity index (χ0n) is 26.2. The van der Waals surface area contributed by atoms with E-state index < -0.39 is 0 Å². The van der Waals surface area contributed by atoms with Crippen LogP contribution >= 0.6 is 0 Å². The summed E-state index contributed by atoms with van der Waals surface area (Å²) in [5, 5.41) is 18.2. The second-order valence-corrected chi connectivity index (χ2v) is 13.7. The van der Waals surface area contributed by atoms with Crippen LogP contribution in [0.2, 0.25) is 0 Å². The molecule has 0 aliphatic heterocycles. The van der Waals surface area contributed by atoms with Crippen molar-refractivity contribution < 1.29 is 10.2 Å². The monoisotopic (exact) mass is 535 g/mol. The molecule has 2 N–H and O–H groups in total. The molecule has 2 aliphatic rings. The molecule has 6 unspecified atom stereocenters. The highest BCUT2D eigenvalue weighted by molar-refractivity contribution is 4.94. The Morgan fingerprint density at radius 3 is 1.45 bits per heavy atom. The maximum atomic E-state index is 9.15. The molecule has 0 spiro atoms. The van der Waals surface area contributed by atoms with Gasteiger partial charge in [0.05, 0.1) is 0 Å². The summed E-state index contributed by atoms with van der Waals surface area (Å²) in [7, 11) is 0.